The summed E-state index contributed by atoms with van der Waals surface area (Å²) in [6.45, 7) is 3.90. The highest BCUT2D eigenvalue weighted by Crippen LogP contribution is 2.38. The molecule has 5 heterocycles. The van der Waals surface area contributed by atoms with Crippen LogP contribution in [-0.4, -0.2) is 35.0 Å². The van der Waals surface area contributed by atoms with E-state index in [-0.39, 0.29) is 25.9 Å². The standard InChI is InChI=1S/C32H31F4NO4/c1-17-14-22-9-10-23(17)25(18(2)32(39)40)20-8-7-19-11-12-37(16-21(19)15-20)31(38)26-29(35)27(33)24(28(34)30(26)36)6-4-3-5-13-41-22/h7-10,14-15,18,25H,3-6,11-13,16H2,1-2H3,(H,39,40)/t18?,25-/m0/s1. The van der Waals surface area contributed by atoms with Gasteiger partial charge < -0.3 is 14.7 Å². The van der Waals surface area contributed by atoms with Crippen molar-refractivity contribution >= 4 is 11.9 Å². The first-order chi connectivity index (χ1) is 19.6. The number of hydrogen-bond acceptors (Lipinski definition) is 3. The molecule has 1 unspecified atom stereocenters. The largest absolute Gasteiger partial charge is 0.494 e. The normalized spacial score (nSPS) is 18.2. The van der Waals surface area contributed by atoms with E-state index in [1.54, 1.807) is 13.0 Å². The quantitative estimate of drug-likeness (QED) is 0.275. The zero-order valence-corrected chi connectivity index (χ0v) is 22.9. The van der Waals surface area contributed by atoms with Crippen molar-refractivity contribution in [1.29, 1.82) is 0 Å². The summed E-state index contributed by atoms with van der Waals surface area (Å²) in [5.41, 5.74) is 2.00. The van der Waals surface area contributed by atoms with Crippen molar-refractivity contribution in [2.24, 2.45) is 5.92 Å². The second kappa shape index (κ2) is 11.5. The molecule has 1 amide bonds. The lowest BCUT2D eigenvalue weighted by atomic mass is 9.78. The number of hydrogen-bond donors (Lipinski definition) is 1. The molecule has 5 aliphatic heterocycles. The van der Waals surface area contributed by atoms with Gasteiger partial charge in [-0.15, -0.1) is 0 Å². The molecule has 5 nitrogen and oxygen atoms in total. The van der Waals surface area contributed by atoms with Gasteiger partial charge in [0.25, 0.3) is 5.91 Å². The summed E-state index contributed by atoms with van der Waals surface area (Å²) in [6.07, 6.45) is 1.42. The molecule has 0 saturated carbocycles. The SMILES string of the molecule is Cc1cc2ccc1[C@@H](C(C)C(=O)O)c1ccc3c(c1)CN(CC3)C(=O)c1c(F)c(F)c(c(F)c1F)CCCCCO2. The van der Waals surface area contributed by atoms with E-state index in [0.717, 1.165) is 16.7 Å². The molecule has 0 spiro atoms. The third-order valence-electron chi connectivity index (χ3n) is 8.26. The molecule has 0 aliphatic carbocycles. The van der Waals surface area contributed by atoms with Crippen LogP contribution in [0.1, 0.15) is 75.8 Å². The first kappa shape index (κ1) is 28.6. The number of ether oxygens (including phenoxy) is 1. The van der Waals surface area contributed by atoms with Gasteiger partial charge in [-0.3, -0.25) is 9.59 Å². The highest BCUT2D eigenvalue weighted by molar-refractivity contribution is 5.95. The second-order valence-electron chi connectivity index (χ2n) is 10.9. The fourth-order valence-corrected chi connectivity index (χ4v) is 5.92. The van der Waals surface area contributed by atoms with Gasteiger partial charge in [-0.2, -0.15) is 0 Å². The van der Waals surface area contributed by atoms with E-state index >= 15 is 8.78 Å². The summed E-state index contributed by atoms with van der Waals surface area (Å²) in [4.78, 5) is 26.6. The third kappa shape index (κ3) is 5.42. The number of rotatable bonds is 2. The average molecular weight is 570 g/mol. The maximum atomic E-state index is 15.1. The van der Waals surface area contributed by atoms with Crippen molar-refractivity contribution in [2.75, 3.05) is 13.2 Å². The number of carbonyl (C=O) groups is 2. The summed E-state index contributed by atoms with van der Waals surface area (Å²) in [5, 5.41) is 9.96. The Morgan fingerprint density at radius 3 is 2.37 bits per heavy atom. The first-order valence-electron chi connectivity index (χ1n) is 13.8. The van der Waals surface area contributed by atoms with Crippen LogP contribution in [0.15, 0.2) is 36.4 Å². The number of carboxylic acid groups (broad SMARTS) is 1. The fourth-order valence-electron chi connectivity index (χ4n) is 5.92. The Hall–Kier alpha value is -3.88. The number of aliphatic carboxylic acids is 1. The fraction of sp³-hybridized carbons (Fsp3) is 0.375. The zero-order chi connectivity index (χ0) is 29.4. The van der Waals surface area contributed by atoms with E-state index in [0.29, 0.717) is 42.7 Å². The minimum Gasteiger partial charge on any atom is -0.494 e. The van der Waals surface area contributed by atoms with Crippen LogP contribution in [-0.2, 0) is 24.2 Å². The van der Waals surface area contributed by atoms with Crippen LogP contribution in [0.4, 0.5) is 17.6 Å². The topological polar surface area (TPSA) is 66.8 Å². The van der Waals surface area contributed by atoms with Crippen LogP contribution in [0.2, 0.25) is 0 Å². The molecule has 8 rings (SSSR count). The predicted octanol–water partition coefficient (Wildman–Crippen LogP) is 6.71. The van der Waals surface area contributed by atoms with Gasteiger partial charge >= 0.3 is 5.97 Å². The van der Waals surface area contributed by atoms with E-state index in [1.165, 1.54) is 4.90 Å². The van der Waals surface area contributed by atoms with Crippen molar-refractivity contribution in [2.45, 2.75) is 58.4 Å². The molecule has 5 aliphatic rings. The number of carbonyl (C=O) groups excluding carboxylic acids is 1. The van der Waals surface area contributed by atoms with E-state index in [1.807, 2.05) is 37.3 Å². The molecule has 0 radical (unpaired) electrons. The minimum absolute atomic E-state index is 0.0498. The molecule has 3 aromatic carbocycles. The smallest absolute Gasteiger partial charge is 0.307 e. The van der Waals surface area contributed by atoms with Crippen LogP contribution in [0.3, 0.4) is 0 Å². The molecule has 0 aromatic heterocycles. The maximum absolute atomic E-state index is 15.1. The van der Waals surface area contributed by atoms with Crippen LogP contribution in [0.5, 0.6) is 5.75 Å². The predicted molar refractivity (Wildman–Crippen MR) is 144 cm³/mol. The third-order valence-corrected chi connectivity index (χ3v) is 8.26. The molecule has 1 N–H and O–H groups in total. The maximum Gasteiger partial charge on any atom is 0.307 e. The minimum atomic E-state index is -1.69. The van der Waals surface area contributed by atoms with Gasteiger partial charge in [0.15, 0.2) is 23.3 Å². The first-order valence-corrected chi connectivity index (χ1v) is 13.8. The zero-order valence-electron chi connectivity index (χ0n) is 22.9. The Bertz CT molecular complexity index is 1490. The molecule has 9 heteroatoms. The lowest BCUT2D eigenvalue weighted by Crippen LogP contribution is -2.37. The number of benzene rings is 3. The molecule has 7 bridgehead atoms. The van der Waals surface area contributed by atoms with Gasteiger partial charge in [0, 0.05) is 24.6 Å². The number of amides is 1. The Morgan fingerprint density at radius 1 is 0.951 bits per heavy atom. The summed E-state index contributed by atoms with van der Waals surface area (Å²) < 4.78 is 65.9. The summed E-state index contributed by atoms with van der Waals surface area (Å²) >= 11 is 0. The molecule has 216 valence electrons. The van der Waals surface area contributed by atoms with Gasteiger partial charge in [-0.05, 0) is 79.0 Å². The Labute approximate surface area is 235 Å². The van der Waals surface area contributed by atoms with Crippen LogP contribution < -0.4 is 4.74 Å². The van der Waals surface area contributed by atoms with Crippen LogP contribution in [0.25, 0.3) is 0 Å². The van der Waals surface area contributed by atoms with Crippen molar-refractivity contribution < 1.29 is 37.0 Å². The molecule has 0 saturated heterocycles. The summed E-state index contributed by atoms with van der Waals surface area (Å²) in [7, 11) is 0. The number of halogens is 4. The van der Waals surface area contributed by atoms with Crippen molar-refractivity contribution in [1.82, 2.24) is 4.90 Å². The molecule has 0 fully saturated rings. The van der Waals surface area contributed by atoms with E-state index in [4.69, 9.17) is 4.74 Å². The van der Waals surface area contributed by atoms with Crippen molar-refractivity contribution in [3.63, 3.8) is 0 Å². The summed E-state index contributed by atoms with van der Waals surface area (Å²) in [6, 6.07) is 11.1. The van der Waals surface area contributed by atoms with E-state index in [2.05, 4.69) is 0 Å². The van der Waals surface area contributed by atoms with Gasteiger partial charge in [-0.25, -0.2) is 17.6 Å². The van der Waals surface area contributed by atoms with Crippen LogP contribution in [0, 0.1) is 36.1 Å². The lowest BCUT2D eigenvalue weighted by Gasteiger charge is -2.31. The van der Waals surface area contributed by atoms with Crippen LogP contribution >= 0.6 is 0 Å². The molecular formula is C32H31F4NO4. The Kier molecular flexibility index (Phi) is 8.07. The Morgan fingerprint density at radius 2 is 1.68 bits per heavy atom. The summed E-state index contributed by atoms with van der Waals surface area (Å²) in [5.74, 6) is -9.31. The van der Waals surface area contributed by atoms with Gasteiger partial charge in [0.05, 0.1) is 12.5 Å². The molecule has 2 atom stereocenters. The monoisotopic (exact) mass is 569 g/mol. The van der Waals surface area contributed by atoms with Gasteiger partial charge in [0.2, 0.25) is 0 Å². The number of nitrogens with zero attached hydrogens (tertiary/aromatic N) is 1. The van der Waals surface area contributed by atoms with Crippen molar-refractivity contribution in [3.05, 3.63) is 98.6 Å². The lowest BCUT2D eigenvalue weighted by molar-refractivity contribution is -0.141. The Balaban J connectivity index is 1.61. The molecule has 3 aromatic rings. The second-order valence-corrected chi connectivity index (χ2v) is 10.9. The van der Waals surface area contributed by atoms with E-state index < -0.39 is 58.1 Å². The van der Waals surface area contributed by atoms with Gasteiger partial charge in [-0.1, -0.05) is 31.2 Å². The highest BCUT2D eigenvalue weighted by Gasteiger charge is 2.34. The molecular weight excluding hydrogens is 538 g/mol. The number of carboxylic acids is 1. The highest BCUT2D eigenvalue weighted by atomic mass is 19.2. The van der Waals surface area contributed by atoms with Crippen molar-refractivity contribution in [3.8, 4) is 5.75 Å². The van der Waals surface area contributed by atoms with Gasteiger partial charge in [0.1, 0.15) is 11.3 Å². The number of aryl methyl sites for hydroxylation is 1. The molecule has 41 heavy (non-hydrogen) atoms. The van der Waals surface area contributed by atoms with E-state index in [9.17, 15) is 23.5 Å². The average Bonchev–Trinajstić information content (AvgIpc) is 2.95.